The predicted octanol–water partition coefficient (Wildman–Crippen LogP) is 1.11. The van der Waals surface area contributed by atoms with E-state index in [9.17, 15) is 4.79 Å². The minimum atomic E-state index is -0.00819. The van der Waals surface area contributed by atoms with Crippen LogP contribution in [0.2, 0.25) is 0 Å². The van der Waals surface area contributed by atoms with Crippen LogP contribution >= 0.6 is 0 Å². The Balaban J connectivity index is 1.90. The van der Waals surface area contributed by atoms with Gasteiger partial charge in [0.1, 0.15) is 0 Å². The van der Waals surface area contributed by atoms with Crippen LogP contribution in [0.4, 0.5) is 0 Å². The molecule has 0 aliphatic carbocycles. The van der Waals surface area contributed by atoms with Gasteiger partial charge in [0.15, 0.2) is 0 Å². The molecule has 0 radical (unpaired) electrons. The average molecular weight is 274 g/mol. The highest BCUT2D eigenvalue weighted by molar-refractivity contribution is 6.00. The number of amides is 1. The van der Waals surface area contributed by atoms with Crippen molar-refractivity contribution in [2.45, 2.75) is 31.7 Å². The van der Waals surface area contributed by atoms with Crippen LogP contribution < -0.4 is 0 Å². The molecule has 1 N–H and O–H groups in total. The highest BCUT2D eigenvalue weighted by Crippen LogP contribution is 2.23. The van der Waals surface area contributed by atoms with Crippen LogP contribution in [0.3, 0.4) is 0 Å². The van der Waals surface area contributed by atoms with Crippen LogP contribution in [0.25, 0.3) is 5.52 Å². The lowest BCUT2D eigenvalue weighted by Gasteiger charge is -2.35. The smallest absolute Gasteiger partial charge is 0.258 e. The molecule has 20 heavy (non-hydrogen) atoms. The molecule has 0 saturated carbocycles. The van der Waals surface area contributed by atoms with Crippen molar-refractivity contribution < 1.29 is 9.90 Å². The van der Waals surface area contributed by atoms with Crippen LogP contribution in [0, 0.1) is 0 Å². The second-order valence-electron chi connectivity index (χ2n) is 5.12. The Bertz CT molecular complexity index is 608. The van der Waals surface area contributed by atoms with Gasteiger partial charge in [0, 0.05) is 31.6 Å². The summed E-state index contributed by atoms with van der Waals surface area (Å²) < 4.78 is 1.66. The maximum absolute atomic E-state index is 12.7. The number of carbonyl (C=O) groups excluding carboxylic acids is 1. The number of aromatic nitrogens is 3. The maximum atomic E-state index is 12.7. The SMILES string of the molecule is O=C(c1cnn2ccncc12)N1CCCCC1CCO. The molecule has 1 amide bonds. The Morgan fingerprint density at radius 1 is 1.40 bits per heavy atom. The molecular formula is C14H18N4O2. The van der Waals surface area contributed by atoms with E-state index in [-0.39, 0.29) is 18.6 Å². The number of nitrogens with zero attached hydrogens (tertiary/aromatic N) is 4. The number of aliphatic hydroxyl groups is 1. The second-order valence-corrected chi connectivity index (χ2v) is 5.12. The van der Waals surface area contributed by atoms with E-state index in [1.54, 1.807) is 29.3 Å². The van der Waals surface area contributed by atoms with E-state index in [2.05, 4.69) is 10.1 Å². The van der Waals surface area contributed by atoms with Gasteiger partial charge in [0.25, 0.3) is 5.91 Å². The van der Waals surface area contributed by atoms with Gasteiger partial charge in [-0.3, -0.25) is 9.78 Å². The molecule has 1 fully saturated rings. The zero-order chi connectivity index (χ0) is 13.9. The van der Waals surface area contributed by atoms with Crippen molar-refractivity contribution in [1.29, 1.82) is 0 Å². The van der Waals surface area contributed by atoms with Crippen molar-refractivity contribution in [1.82, 2.24) is 19.5 Å². The topological polar surface area (TPSA) is 70.7 Å². The quantitative estimate of drug-likeness (QED) is 0.910. The first-order valence-corrected chi connectivity index (χ1v) is 7.00. The molecular weight excluding hydrogens is 256 g/mol. The summed E-state index contributed by atoms with van der Waals surface area (Å²) in [6.45, 7) is 0.867. The van der Waals surface area contributed by atoms with Crippen LogP contribution in [0.5, 0.6) is 0 Å². The van der Waals surface area contributed by atoms with E-state index in [4.69, 9.17) is 5.11 Å². The first-order valence-electron chi connectivity index (χ1n) is 7.00. The zero-order valence-electron chi connectivity index (χ0n) is 11.3. The lowest BCUT2D eigenvalue weighted by atomic mass is 9.98. The molecule has 1 aliphatic rings. The number of carbonyl (C=O) groups is 1. The van der Waals surface area contributed by atoms with Gasteiger partial charge in [0.2, 0.25) is 0 Å². The Morgan fingerprint density at radius 2 is 2.30 bits per heavy atom. The molecule has 0 bridgehead atoms. The number of fused-ring (bicyclic) bond motifs is 1. The Hall–Kier alpha value is -1.95. The van der Waals surface area contributed by atoms with Gasteiger partial charge in [-0.25, -0.2) is 4.52 Å². The Kier molecular flexibility index (Phi) is 3.64. The second kappa shape index (κ2) is 5.58. The van der Waals surface area contributed by atoms with Crippen molar-refractivity contribution in [3.8, 4) is 0 Å². The van der Waals surface area contributed by atoms with Crippen molar-refractivity contribution >= 4 is 11.4 Å². The molecule has 0 spiro atoms. The fourth-order valence-electron chi connectivity index (χ4n) is 2.87. The van der Waals surface area contributed by atoms with Gasteiger partial charge in [-0.2, -0.15) is 5.10 Å². The van der Waals surface area contributed by atoms with Crippen LogP contribution in [0.15, 0.2) is 24.8 Å². The molecule has 0 aromatic carbocycles. The first kappa shape index (κ1) is 13.1. The fourth-order valence-corrected chi connectivity index (χ4v) is 2.87. The fraction of sp³-hybridized carbons (Fsp3) is 0.500. The van der Waals surface area contributed by atoms with Crippen molar-refractivity contribution in [2.24, 2.45) is 0 Å². The van der Waals surface area contributed by atoms with E-state index in [1.165, 1.54) is 0 Å². The molecule has 3 rings (SSSR count). The van der Waals surface area contributed by atoms with Gasteiger partial charge in [-0.15, -0.1) is 0 Å². The summed E-state index contributed by atoms with van der Waals surface area (Å²) in [5.41, 5.74) is 1.31. The minimum Gasteiger partial charge on any atom is -0.396 e. The number of hydrogen-bond donors (Lipinski definition) is 1. The predicted molar refractivity (Wildman–Crippen MR) is 73.4 cm³/mol. The van der Waals surface area contributed by atoms with E-state index in [0.29, 0.717) is 12.0 Å². The van der Waals surface area contributed by atoms with Crippen molar-refractivity contribution in [2.75, 3.05) is 13.2 Å². The molecule has 106 valence electrons. The summed E-state index contributed by atoms with van der Waals surface area (Å²) in [6.07, 6.45) is 10.4. The Morgan fingerprint density at radius 3 is 3.15 bits per heavy atom. The summed E-state index contributed by atoms with van der Waals surface area (Å²) in [4.78, 5) is 18.7. The van der Waals surface area contributed by atoms with E-state index >= 15 is 0 Å². The monoisotopic (exact) mass is 274 g/mol. The highest BCUT2D eigenvalue weighted by Gasteiger charge is 2.28. The standard InChI is InChI=1S/C14H18N4O2/c19-8-4-11-3-1-2-6-17(11)14(20)12-9-16-18-7-5-15-10-13(12)18/h5,7,9-11,19H,1-4,6,8H2. The number of piperidine rings is 1. The lowest BCUT2D eigenvalue weighted by Crippen LogP contribution is -2.44. The van der Waals surface area contributed by atoms with Gasteiger partial charge < -0.3 is 10.0 Å². The number of aliphatic hydroxyl groups excluding tert-OH is 1. The Labute approximate surface area is 117 Å². The largest absolute Gasteiger partial charge is 0.396 e. The molecule has 1 unspecified atom stereocenters. The summed E-state index contributed by atoms with van der Waals surface area (Å²) in [6, 6.07) is 0.132. The van der Waals surface area contributed by atoms with Gasteiger partial charge in [0.05, 0.1) is 23.5 Å². The molecule has 1 aliphatic heterocycles. The van der Waals surface area contributed by atoms with Gasteiger partial charge >= 0.3 is 0 Å². The summed E-state index contributed by atoms with van der Waals surface area (Å²) in [7, 11) is 0. The molecule has 2 aromatic heterocycles. The van der Waals surface area contributed by atoms with E-state index in [0.717, 1.165) is 31.3 Å². The van der Waals surface area contributed by atoms with E-state index < -0.39 is 0 Å². The van der Waals surface area contributed by atoms with Crippen molar-refractivity contribution in [3.05, 3.63) is 30.4 Å². The summed E-state index contributed by atoms with van der Waals surface area (Å²) >= 11 is 0. The molecule has 1 saturated heterocycles. The van der Waals surface area contributed by atoms with Crippen molar-refractivity contribution in [3.63, 3.8) is 0 Å². The number of hydrogen-bond acceptors (Lipinski definition) is 4. The molecule has 6 nitrogen and oxygen atoms in total. The minimum absolute atomic E-state index is 0.00819. The number of rotatable bonds is 3. The lowest BCUT2D eigenvalue weighted by molar-refractivity contribution is 0.0576. The molecule has 6 heteroatoms. The summed E-state index contributed by atoms with van der Waals surface area (Å²) in [5, 5.41) is 13.3. The first-order chi connectivity index (χ1) is 9.81. The maximum Gasteiger partial charge on any atom is 0.258 e. The third-order valence-electron chi connectivity index (χ3n) is 3.91. The van der Waals surface area contributed by atoms with Crippen LogP contribution in [-0.2, 0) is 0 Å². The number of likely N-dealkylation sites (tertiary alicyclic amines) is 1. The van der Waals surface area contributed by atoms with Crippen LogP contribution in [0.1, 0.15) is 36.0 Å². The third kappa shape index (κ3) is 2.27. The van der Waals surface area contributed by atoms with Crippen LogP contribution in [-0.4, -0.2) is 49.7 Å². The average Bonchev–Trinajstić information content (AvgIpc) is 2.91. The normalized spacial score (nSPS) is 19.4. The van der Waals surface area contributed by atoms with Gasteiger partial charge in [-0.05, 0) is 25.7 Å². The molecule has 3 heterocycles. The highest BCUT2D eigenvalue weighted by atomic mass is 16.3. The zero-order valence-corrected chi connectivity index (χ0v) is 11.3. The van der Waals surface area contributed by atoms with Gasteiger partial charge in [-0.1, -0.05) is 0 Å². The van der Waals surface area contributed by atoms with E-state index in [1.807, 2.05) is 4.90 Å². The summed E-state index contributed by atoms with van der Waals surface area (Å²) in [5.74, 6) is -0.00819. The molecule has 1 atom stereocenters. The third-order valence-corrected chi connectivity index (χ3v) is 3.91. The molecule has 2 aromatic rings.